The first-order chi connectivity index (χ1) is 5.70. The van der Waals surface area contributed by atoms with Crippen LogP contribution in [0.4, 0.5) is 0 Å². The number of aromatic nitrogens is 2. The second-order valence-electron chi connectivity index (χ2n) is 3.17. The molecule has 0 aliphatic heterocycles. The summed E-state index contributed by atoms with van der Waals surface area (Å²) in [5.74, 6) is -0.684. The predicted molar refractivity (Wildman–Crippen MR) is 41.7 cm³/mol. The van der Waals surface area contributed by atoms with Gasteiger partial charge in [0.2, 0.25) is 0 Å². The largest absolute Gasteiger partial charge is 0.481 e. The number of carboxylic acids is 1. The Balaban J connectivity index is 2.15. The highest BCUT2D eigenvalue weighted by Crippen LogP contribution is 2.47. The fourth-order valence-electron chi connectivity index (χ4n) is 1.54. The number of hydrogen-bond acceptors (Lipinski definition) is 2. The highest BCUT2D eigenvalue weighted by molar-refractivity contribution is 5.75. The molecule has 1 aliphatic rings. The number of aryl methyl sites for hydroxylation is 1. The molecule has 1 saturated carbocycles. The average Bonchev–Trinajstić information content (AvgIpc) is 2.70. The van der Waals surface area contributed by atoms with Crippen molar-refractivity contribution in [1.82, 2.24) is 9.78 Å². The van der Waals surface area contributed by atoms with Crippen molar-refractivity contribution in [2.75, 3.05) is 0 Å². The molecular formula is C8H10N2O2. The molecule has 0 spiro atoms. The van der Waals surface area contributed by atoms with E-state index in [4.69, 9.17) is 5.11 Å². The lowest BCUT2D eigenvalue weighted by Gasteiger charge is -1.97. The number of nitrogens with zero attached hydrogens (tertiary/aromatic N) is 2. The second-order valence-corrected chi connectivity index (χ2v) is 3.17. The minimum absolute atomic E-state index is 0.180. The molecule has 1 heterocycles. The van der Waals surface area contributed by atoms with Gasteiger partial charge < -0.3 is 5.11 Å². The van der Waals surface area contributed by atoms with Crippen molar-refractivity contribution in [2.24, 2.45) is 13.0 Å². The topological polar surface area (TPSA) is 55.1 Å². The van der Waals surface area contributed by atoms with Gasteiger partial charge in [0, 0.05) is 24.9 Å². The molecule has 1 aliphatic carbocycles. The van der Waals surface area contributed by atoms with Crippen LogP contribution in [0, 0.1) is 5.92 Å². The highest BCUT2D eigenvalue weighted by atomic mass is 16.4. The van der Waals surface area contributed by atoms with Crippen LogP contribution in [0.2, 0.25) is 0 Å². The molecule has 1 aromatic heterocycles. The Hall–Kier alpha value is -1.32. The number of rotatable bonds is 2. The van der Waals surface area contributed by atoms with Gasteiger partial charge in [-0.05, 0) is 12.5 Å². The van der Waals surface area contributed by atoms with E-state index >= 15 is 0 Å². The standard InChI is InChI=1S/C8H10N2O2/c1-10-7(2-3-9-10)5-4-6(5)8(11)12/h2-3,5-6H,4H2,1H3,(H,11,12)/t5-,6+/m0/s1. The normalized spacial score (nSPS) is 27.1. The van der Waals surface area contributed by atoms with Gasteiger partial charge in [-0.2, -0.15) is 5.10 Å². The van der Waals surface area contributed by atoms with E-state index in [0.29, 0.717) is 0 Å². The molecule has 0 amide bonds. The summed E-state index contributed by atoms with van der Waals surface area (Å²) in [6.07, 6.45) is 2.46. The van der Waals surface area contributed by atoms with Crippen LogP contribution in [0.3, 0.4) is 0 Å². The summed E-state index contributed by atoms with van der Waals surface area (Å²) in [7, 11) is 1.84. The first-order valence-electron chi connectivity index (χ1n) is 3.91. The van der Waals surface area contributed by atoms with Crippen LogP contribution >= 0.6 is 0 Å². The Morgan fingerprint density at radius 1 is 1.83 bits per heavy atom. The Bertz CT molecular complexity index is 319. The van der Waals surface area contributed by atoms with E-state index in [0.717, 1.165) is 12.1 Å². The smallest absolute Gasteiger partial charge is 0.307 e. The lowest BCUT2D eigenvalue weighted by molar-refractivity contribution is -0.138. The third kappa shape index (κ3) is 0.995. The van der Waals surface area contributed by atoms with Gasteiger partial charge in [0.1, 0.15) is 0 Å². The zero-order valence-corrected chi connectivity index (χ0v) is 6.77. The Morgan fingerprint density at radius 3 is 3.00 bits per heavy atom. The Labute approximate surface area is 69.8 Å². The predicted octanol–water partition coefficient (Wildman–Crippen LogP) is 0.608. The molecule has 4 nitrogen and oxygen atoms in total. The summed E-state index contributed by atoms with van der Waals surface area (Å²) < 4.78 is 1.74. The maximum Gasteiger partial charge on any atom is 0.307 e. The first kappa shape index (κ1) is 7.34. The molecule has 0 aromatic carbocycles. The van der Waals surface area contributed by atoms with Crippen molar-refractivity contribution < 1.29 is 9.90 Å². The number of carbonyl (C=O) groups is 1. The van der Waals surface area contributed by atoms with Gasteiger partial charge >= 0.3 is 5.97 Å². The fraction of sp³-hybridized carbons (Fsp3) is 0.500. The molecule has 0 saturated heterocycles. The summed E-state index contributed by atoms with van der Waals surface area (Å²) in [5, 5.41) is 12.7. The van der Waals surface area contributed by atoms with Crippen LogP contribution in [0.15, 0.2) is 12.3 Å². The number of aliphatic carboxylic acids is 1. The van der Waals surface area contributed by atoms with Gasteiger partial charge in [-0.25, -0.2) is 0 Å². The van der Waals surface area contributed by atoms with Gasteiger partial charge in [-0.3, -0.25) is 9.48 Å². The van der Waals surface area contributed by atoms with Crippen LogP contribution < -0.4 is 0 Å². The zero-order chi connectivity index (χ0) is 8.72. The van der Waals surface area contributed by atoms with Gasteiger partial charge in [0.05, 0.1) is 5.92 Å². The lowest BCUT2D eigenvalue weighted by atomic mass is 10.2. The summed E-state index contributed by atoms with van der Waals surface area (Å²) in [4.78, 5) is 10.5. The zero-order valence-electron chi connectivity index (χ0n) is 6.77. The molecule has 1 aromatic rings. The van der Waals surface area contributed by atoms with E-state index in [-0.39, 0.29) is 11.8 Å². The summed E-state index contributed by atoms with van der Waals surface area (Å²) in [6, 6.07) is 1.88. The molecule has 0 bridgehead atoms. The lowest BCUT2D eigenvalue weighted by Crippen LogP contribution is -2.02. The van der Waals surface area contributed by atoms with Crippen molar-refractivity contribution in [3.63, 3.8) is 0 Å². The summed E-state index contributed by atoms with van der Waals surface area (Å²) in [6.45, 7) is 0. The quantitative estimate of drug-likeness (QED) is 0.700. The van der Waals surface area contributed by atoms with Crippen LogP contribution in [0.1, 0.15) is 18.0 Å². The first-order valence-corrected chi connectivity index (χ1v) is 3.91. The van der Waals surface area contributed by atoms with E-state index in [1.165, 1.54) is 0 Å². The fourth-order valence-corrected chi connectivity index (χ4v) is 1.54. The molecule has 1 N–H and O–H groups in total. The van der Waals surface area contributed by atoms with Crippen molar-refractivity contribution in [3.8, 4) is 0 Å². The molecule has 0 unspecified atom stereocenters. The van der Waals surface area contributed by atoms with Crippen LogP contribution in [0.5, 0.6) is 0 Å². The van der Waals surface area contributed by atoms with E-state index in [1.54, 1.807) is 10.9 Å². The van der Waals surface area contributed by atoms with Gasteiger partial charge in [-0.1, -0.05) is 0 Å². The molecule has 2 rings (SSSR count). The Morgan fingerprint density at radius 2 is 2.58 bits per heavy atom. The van der Waals surface area contributed by atoms with Crippen LogP contribution in [-0.4, -0.2) is 20.9 Å². The van der Waals surface area contributed by atoms with Crippen LogP contribution in [-0.2, 0) is 11.8 Å². The van der Waals surface area contributed by atoms with E-state index in [1.807, 2.05) is 13.1 Å². The van der Waals surface area contributed by atoms with Crippen molar-refractivity contribution >= 4 is 5.97 Å². The molecule has 64 valence electrons. The molecule has 0 radical (unpaired) electrons. The molecule has 4 heteroatoms. The van der Waals surface area contributed by atoms with Gasteiger partial charge in [0.15, 0.2) is 0 Å². The van der Waals surface area contributed by atoms with Crippen molar-refractivity contribution in [1.29, 1.82) is 0 Å². The van der Waals surface area contributed by atoms with Crippen molar-refractivity contribution in [3.05, 3.63) is 18.0 Å². The van der Waals surface area contributed by atoms with Crippen LogP contribution in [0.25, 0.3) is 0 Å². The van der Waals surface area contributed by atoms with E-state index < -0.39 is 5.97 Å². The van der Waals surface area contributed by atoms with Gasteiger partial charge in [0.25, 0.3) is 0 Å². The average molecular weight is 166 g/mol. The third-order valence-electron chi connectivity index (χ3n) is 2.35. The molecular weight excluding hydrogens is 156 g/mol. The molecule has 1 fully saturated rings. The SMILES string of the molecule is Cn1nccc1[C@H]1C[C@H]1C(=O)O. The van der Waals surface area contributed by atoms with Crippen molar-refractivity contribution in [2.45, 2.75) is 12.3 Å². The molecule has 2 atom stereocenters. The maximum absolute atomic E-state index is 10.5. The summed E-state index contributed by atoms with van der Waals surface area (Å²) in [5.41, 5.74) is 1.03. The number of carboxylic acid groups (broad SMARTS) is 1. The van der Waals surface area contributed by atoms with E-state index in [2.05, 4.69) is 5.10 Å². The third-order valence-corrected chi connectivity index (χ3v) is 2.35. The van der Waals surface area contributed by atoms with Gasteiger partial charge in [-0.15, -0.1) is 0 Å². The Kier molecular flexibility index (Phi) is 1.43. The monoisotopic (exact) mass is 166 g/mol. The molecule has 12 heavy (non-hydrogen) atoms. The minimum Gasteiger partial charge on any atom is -0.481 e. The summed E-state index contributed by atoms with van der Waals surface area (Å²) >= 11 is 0. The number of hydrogen-bond donors (Lipinski definition) is 1. The minimum atomic E-state index is -0.693. The second kappa shape index (κ2) is 2.33. The van der Waals surface area contributed by atoms with E-state index in [9.17, 15) is 4.79 Å². The maximum atomic E-state index is 10.5. The highest BCUT2D eigenvalue weighted by Gasteiger charge is 2.45.